The Kier molecular flexibility index (Phi) is 5.35. The number of urea groups is 1. The number of hydrogen-bond donors (Lipinski definition) is 6. The summed E-state index contributed by atoms with van der Waals surface area (Å²) >= 11 is 0. The molecular formula is C19H19N5O5. The Morgan fingerprint density at radius 1 is 1.21 bits per heavy atom. The number of carbonyl (C=O) groups is 4. The van der Waals surface area contributed by atoms with Crippen LogP contribution in [0.5, 0.6) is 0 Å². The Balaban J connectivity index is 1.84. The van der Waals surface area contributed by atoms with Gasteiger partial charge in [-0.05, 0) is 42.3 Å². The van der Waals surface area contributed by atoms with Gasteiger partial charge in [0.2, 0.25) is 5.91 Å². The number of amides is 4. The highest BCUT2D eigenvalue weighted by molar-refractivity contribution is 6.36. The minimum atomic E-state index is -1.20. The average Bonchev–Trinajstić information content (AvgIpc) is 3.22. The van der Waals surface area contributed by atoms with Crippen molar-refractivity contribution in [3.63, 3.8) is 0 Å². The molecule has 0 aliphatic carbocycles. The van der Waals surface area contributed by atoms with Crippen LogP contribution in [0.1, 0.15) is 30.2 Å². The summed E-state index contributed by atoms with van der Waals surface area (Å²) in [5.74, 6) is -2.07. The fourth-order valence-electron chi connectivity index (χ4n) is 3.05. The Hall–Kier alpha value is -4.08. The predicted molar refractivity (Wildman–Crippen MR) is 106 cm³/mol. The molecule has 4 amide bonds. The van der Waals surface area contributed by atoms with E-state index in [9.17, 15) is 19.2 Å². The lowest BCUT2D eigenvalue weighted by Crippen LogP contribution is -2.24. The van der Waals surface area contributed by atoms with Gasteiger partial charge in [-0.25, -0.2) is 4.79 Å². The van der Waals surface area contributed by atoms with Crippen LogP contribution in [0.2, 0.25) is 0 Å². The fraction of sp³-hybridized carbons (Fsp3) is 0.158. The van der Waals surface area contributed by atoms with E-state index < -0.39 is 24.3 Å². The van der Waals surface area contributed by atoms with Crippen molar-refractivity contribution in [3.05, 3.63) is 47.3 Å². The summed E-state index contributed by atoms with van der Waals surface area (Å²) in [6, 6.07) is 6.03. The first kappa shape index (κ1) is 19.7. The van der Waals surface area contributed by atoms with Crippen molar-refractivity contribution in [2.45, 2.75) is 19.9 Å². The van der Waals surface area contributed by atoms with Gasteiger partial charge in [0.25, 0.3) is 5.91 Å². The van der Waals surface area contributed by atoms with Gasteiger partial charge in [0, 0.05) is 35.4 Å². The Morgan fingerprint density at radius 3 is 2.66 bits per heavy atom. The first-order valence-electron chi connectivity index (χ1n) is 8.64. The van der Waals surface area contributed by atoms with Crippen LogP contribution in [-0.4, -0.2) is 33.9 Å². The number of allylic oxidation sites excluding steroid dienone is 1. The highest BCUT2D eigenvalue weighted by Crippen LogP contribution is 2.38. The minimum absolute atomic E-state index is 0.153. The number of fused-ring (bicyclic) bond motifs is 1. The number of H-pyrrole nitrogens is 1. The lowest BCUT2D eigenvalue weighted by molar-refractivity contribution is -0.140. The summed E-state index contributed by atoms with van der Waals surface area (Å²) in [6.07, 6.45) is 1.07. The van der Waals surface area contributed by atoms with Crippen LogP contribution in [0, 0.1) is 0 Å². The summed E-state index contributed by atoms with van der Waals surface area (Å²) in [5.41, 5.74) is 9.36. The first-order valence-corrected chi connectivity index (χ1v) is 8.64. The maximum absolute atomic E-state index is 12.5. The van der Waals surface area contributed by atoms with Gasteiger partial charge in [0.15, 0.2) is 0 Å². The molecule has 3 rings (SSSR count). The zero-order chi connectivity index (χ0) is 21.1. The minimum Gasteiger partial charge on any atom is -0.481 e. The summed E-state index contributed by atoms with van der Waals surface area (Å²) in [7, 11) is 0. The van der Waals surface area contributed by atoms with Crippen molar-refractivity contribution in [2.75, 3.05) is 10.6 Å². The highest BCUT2D eigenvalue weighted by atomic mass is 16.4. The number of anilines is 2. The molecule has 150 valence electrons. The molecule has 2 aromatic rings. The quantitative estimate of drug-likeness (QED) is 0.320. The van der Waals surface area contributed by atoms with Crippen molar-refractivity contribution in [1.82, 2.24) is 10.3 Å². The van der Waals surface area contributed by atoms with E-state index in [2.05, 4.69) is 20.9 Å². The lowest BCUT2D eigenvalue weighted by atomic mass is 9.99. The SMILES string of the molecule is CC(=C1C(=O)Nc2ccc(NC(N)=O)cc21)c1cc(CNC(=O)CC(=O)O)c[nH]1. The summed E-state index contributed by atoms with van der Waals surface area (Å²) in [5, 5.41) is 16.4. The molecule has 2 heterocycles. The van der Waals surface area contributed by atoms with Gasteiger partial charge in [-0.15, -0.1) is 0 Å². The van der Waals surface area contributed by atoms with Crippen LogP contribution < -0.4 is 21.7 Å². The Morgan fingerprint density at radius 2 is 1.97 bits per heavy atom. The van der Waals surface area contributed by atoms with E-state index in [-0.39, 0.29) is 12.5 Å². The number of aromatic amines is 1. The standard InChI is InChI=1S/C19H19N5O5/c1-9(14-4-10(7-21-14)8-22-15(25)6-16(26)27)17-12-5-11(23-19(20)29)2-3-13(12)24-18(17)28/h2-5,7,21H,6,8H2,1H3,(H,22,25)(H,24,28)(H,26,27)(H3,20,23,29). The van der Waals surface area contributed by atoms with Crippen molar-refractivity contribution < 1.29 is 24.3 Å². The molecule has 0 atom stereocenters. The molecule has 0 bridgehead atoms. The molecule has 10 nitrogen and oxygen atoms in total. The van der Waals surface area contributed by atoms with Gasteiger partial charge in [0.05, 0.1) is 5.57 Å². The Labute approximate surface area is 165 Å². The first-order chi connectivity index (χ1) is 13.7. The van der Waals surface area contributed by atoms with Gasteiger partial charge in [-0.1, -0.05) is 0 Å². The van der Waals surface area contributed by atoms with Crippen molar-refractivity contribution in [3.8, 4) is 0 Å². The van der Waals surface area contributed by atoms with Crippen LogP contribution in [0.25, 0.3) is 11.1 Å². The molecular weight excluding hydrogens is 378 g/mol. The number of hydrogen-bond acceptors (Lipinski definition) is 4. The third-order valence-corrected chi connectivity index (χ3v) is 4.35. The molecule has 1 aromatic carbocycles. The van der Waals surface area contributed by atoms with E-state index in [0.717, 1.165) is 5.56 Å². The molecule has 0 saturated carbocycles. The van der Waals surface area contributed by atoms with Gasteiger partial charge in [-0.3, -0.25) is 14.4 Å². The van der Waals surface area contributed by atoms with Crippen LogP contribution in [-0.2, 0) is 20.9 Å². The van der Waals surface area contributed by atoms with Gasteiger partial charge >= 0.3 is 12.0 Å². The number of carboxylic acids is 1. The van der Waals surface area contributed by atoms with E-state index in [1.807, 2.05) is 0 Å². The second-order valence-electron chi connectivity index (χ2n) is 6.47. The van der Waals surface area contributed by atoms with Crippen molar-refractivity contribution >= 4 is 46.3 Å². The van der Waals surface area contributed by atoms with Crippen LogP contribution in [0.3, 0.4) is 0 Å². The highest BCUT2D eigenvalue weighted by Gasteiger charge is 2.27. The summed E-state index contributed by atoms with van der Waals surface area (Å²) < 4.78 is 0. The zero-order valence-corrected chi connectivity index (χ0v) is 15.5. The molecule has 1 aliphatic rings. The number of primary amides is 1. The molecule has 0 spiro atoms. The lowest BCUT2D eigenvalue weighted by Gasteiger charge is -2.07. The van der Waals surface area contributed by atoms with E-state index in [1.165, 1.54) is 0 Å². The molecule has 0 fully saturated rings. The van der Waals surface area contributed by atoms with Gasteiger partial charge in [-0.2, -0.15) is 0 Å². The number of carboxylic acid groups (broad SMARTS) is 1. The monoisotopic (exact) mass is 397 g/mol. The second kappa shape index (κ2) is 7.89. The van der Waals surface area contributed by atoms with Crippen molar-refractivity contribution in [1.29, 1.82) is 0 Å². The maximum Gasteiger partial charge on any atom is 0.316 e. The van der Waals surface area contributed by atoms with E-state index in [0.29, 0.717) is 33.8 Å². The smallest absolute Gasteiger partial charge is 0.316 e. The summed E-state index contributed by atoms with van der Waals surface area (Å²) in [6.45, 7) is 1.93. The third-order valence-electron chi connectivity index (χ3n) is 4.35. The zero-order valence-electron chi connectivity index (χ0n) is 15.5. The molecule has 1 aliphatic heterocycles. The van der Waals surface area contributed by atoms with Gasteiger partial charge in [0.1, 0.15) is 6.42 Å². The van der Waals surface area contributed by atoms with Crippen LogP contribution in [0.15, 0.2) is 30.5 Å². The number of aliphatic carboxylic acids is 1. The fourth-order valence-corrected chi connectivity index (χ4v) is 3.05. The van der Waals surface area contributed by atoms with E-state index in [4.69, 9.17) is 10.8 Å². The van der Waals surface area contributed by atoms with Crippen molar-refractivity contribution in [2.24, 2.45) is 5.73 Å². The maximum atomic E-state index is 12.5. The molecule has 0 radical (unpaired) electrons. The third kappa shape index (κ3) is 4.43. The number of benzene rings is 1. The Bertz CT molecular complexity index is 1050. The molecule has 7 N–H and O–H groups in total. The predicted octanol–water partition coefficient (Wildman–Crippen LogP) is 1.48. The number of aromatic nitrogens is 1. The van der Waals surface area contributed by atoms with Gasteiger partial charge < -0.3 is 31.8 Å². The number of nitrogens with two attached hydrogens (primary N) is 1. The second-order valence-corrected chi connectivity index (χ2v) is 6.47. The molecule has 0 saturated heterocycles. The molecule has 29 heavy (non-hydrogen) atoms. The average molecular weight is 397 g/mol. The normalized spacial score (nSPS) is 14.0. The van der Waals surface area contributed by atoms with E-state index >= 15 is 0 Å². The number of rotatable bonds is 6. The number of carbonyl (C=O) groups excluding carboxylic acids is 3. The number of nitrogens with one attached hydrogen (secondary N) is 4. The van der Waals surface area contributed by atoms with Crippen LogP contribution in [0.4, 0.5) is 16.2 Å². The molecule has 0 unspecified atom stereocenters. The topological polar surface area (TPSA) is 166 Å². The van der Waals surface area contributed by atoms with Crippen LogP contribution >= 0.6 is 0 Å². The summed E-state index contributed by atoms with van der Waals surface area (Å²) in [4.78, 5) is 48.6. The molecule has 10 heteroatoms. The van der Waals surface area contributed by atoms with E-state index in [1.54, 1.807) is 37.4 Å². The molecule has 1 aromatic heterocycles. The largest absolute Gasteiger partial charge is 0.481 e.